The van der Waals surface area contributed by atoms with Crippen LogP contribution >= 0.6 is 0 Å². The molecule has 10 heteroatoms. The van der Waals surface area contributed by atoms with E-state index in [2.05, 4.69) is 0 Å². The van der Waals surface area contributed by atoms with E-state index in [1.165, 1.54) is 0 Å². The molecule has 0 atom stereocenters. The first kappa shape index (κ1) is 32.6. The third-order valence-corrected chi connectivity index (χ3v) is 7.09. The van der Waals surface area contributed by atoms with Gasteiger partial charge in [-0.15, -0.1) is 0 Å². The van der Waals surface area contributed by atoms with Crippen molar-refractivity contribution in [2.24, 2.45) is 5.73 Å². The number of carbonyl (C=O) groups excluding carboxylic acids is 1. The van der Waals surface area contributed by atoms with Crippen LogP contribution in [0.3, 0.4) is 0 Å². The number of rotatable bonds is 13. The molecule has 0 unspecified atom stereocenters. The predicted octanol–water partition coefficient (Wildman–Crippen LogP) is 7.86. The van der Waals surface area contributed by atoms with E-state index in [4.69, 9.17) is 10.5 Å². The lowest BCUT2D eigenvalue weighted by molar-refractivity contribution is -0.143. The monoisotopic (exact) mass is 614 g/mol. The number of amides is 1. The fraction of sp³-hybridized carbons (Fsp3) is 0.265. The highest BCUT2D eigenvalue weighted by Crippen LogP contribution is 2.37. The molecule has 0 spiro atoms. The first-order chi connectivity index (χ1) is 20.9. The molecule has 4 nitrogen and oxygen atoms in total. The first-order valence-corrected chi connectivity index (χ1v) is 14.0. The maximum atomic E-state index is 13.6. The zero-order valence-electron chi connectivity index (χ0n) is 23.7. The van der Waals surface area contributed by atoms with Crippen molar-refractivity contribution in [3.63, 3.8) is 0 Å². The molecule has 0 saturated carbocycles. The minimum atomic E-state index is -4.93. The molecule has 0 aliphatic rings. The van der Waals surface area contributed by atoms with Gasteiger partial charge in [-0.1, -0.05) is 72.8 Å². The number of carbonyl (C=O) groups is 1. The molecule has 1 amide bonds. The third-order valence-electron chi connectivity index (χ3n) is 7.09. The molecule has 44 heavy (non-hydrogen) atoms. The molecule has 2 N–H and O–H groups in total. The van der Waals surface area contributed by atoms with Gasteiger partial charge in [0.25, 0.3) is 0 Å². The molecule has 0 aliphatic carbocycles. The Morgan fingerprint density at radius 2 is 1.25 bits per heavy atom. The van der Waals surface area contributed by atoms with Gasteiger partial charge in [-0.05, 0) is 59.0 Å². The second-order valence-electron chi connectivity index (χ2n) is 10.5. The van der Waals surface area contributed by atoms with Gasteiger partial charge in [-0.3, -0.25) is 9.69 Å². The summed E-state index contributed by atoms with van der Waals surface area (Å²) in [5.74, 6) is -0.0842. The molecule has 4 aromatic carbocycles. The van der Waals surface area contributed by atoms with Crippen LogP contribution in [0.1, 0.15) is 45.7 Å². The lowest BCUT2D eigenvalue weighted by Crippen LogP contribution is -2.31. The Kier molecular flexibility index (Phi) is 10.7. The van der Waals surface area contributed by atoms with Crippen molar-refractivity contribution in [1.82, 2.24) is 4.90 Å². The minimum Gasteiger partial charge on any atom is -0.494 e. The van der Waals surface area contributed by atoms with Crippen LogP contribution in [-0.2, 0) is 30.1 Å². The lowest BCUT2D eigenvalue weighted by atomic mass is 9.90. The fourth-order valence-electron chi connectivity index (χ4n) is 5.02. The zero-order valence-corrected chi connectivity index (χ0v) is 23.7. The van der Waals surface area contributed by atoms with Crippen molar-refractivity contribution in [1.29, 1.82) is 0 Å². The van der Waals surface area contributed by atoms with Gasteiger partial charge in [-0.25, -0.2) is 0 Å². The molecule has 0 aliphatic heterocycles. The van der Waals surface area contributed by atoms with Crippen molar-refractivity contribution in [2.75, 3.05) is 19.7 Å². The minimum absolute atomic E-state index is 0.0852. The first-order valence-electron chi connectivity index (χ1n) is 14.0. The number of ether oxygens (including phenoxy) is 1. The van der Waals surface area contributed by atoms with E-state index in [0.717, 1.165) is 28.8 Å². The average molecular weight is 615 g/mol. The molecule has 0 bridgehead atoms. The maximum absolute atomic E-state index is 13.6. The number of nitrogens with two attached hydrogens (primary N) is 1. The van der Waals surface area contributed by atoms with Gasteiger partial charge in [0.15, 0.2) is 0 Å². The van der Waals surface area contributed by atoms with E-state index in [0.29, 0.717) is 25.3 Å². The molecule has 0 radical (unpaired) electrons. The molecular weight excluding hydrogens is 582 g/mol. The van der Waals surface area contributed by atoms with Gasteiger partial charge in [0.1, 0.15) is 5.75 Å². The summed E-state index contributed by atoms with van der Waals surface area (Å²) in [4.78, 5) is 13.0. The Hall–Kier alpha value is -4.31. The fourth-order valence-corrected chi connectivity index (χ4v) is 5.02. The van der Waals surface area contributed by atoms with E-state index < -0.39 is 29.4 Å². The zero-order chi connectivity index (χ0) is 31.7. The maximum Gasteiger partial charge on any atom is 0.416 e. The van der Waals surface area contributed by atoms with Crippen molar-refractivity contribution in [3.05, 3.63) is 137 Å². The SMILES string of the molecule is NC(=O)Cc1ccc(OCCCN(Cc2cc(C(F)(F)F)cc(C(F)(F)F)c2)CC(c2ccccc2)c2ccccc2)cc1. The smallest absolute Gasteiger partial charge is 0.416 e. The summed E-state index contributed by atoms with van der Waals surface area (Å²) in [5.41, 5.74) is 5.14. The van der Waals surface area contributed by atoms with Crippen LogP contribution in [-0.4, -0.2) is 30.5 Å². The largest absolute Gasteiger partial charge is 0.494 e. The number of alkyl halides is 6. The summed E-state index contributed by atoms with van der Waals surface area (Å²) in [5, 5.41) is 0. The Morgan fingerprint density at radius 1 is 0.727 bits per heavy atom. The molecule has 4 rings (SSSR count). The molecule has 0 heterocycles. The molecule has 232 valence electrons. The van der Waals surface area contributed by atoms with Crippen molar-refractivity contribution in [3.8, 4) is 5.75 Å². The van der Waals surface area contributed by atoms with Gasteiger partial charge in [0.05, 0.1) is 24.2 Å². The number of nitrogens with zero attached hydrogens (tertiary/aromatic N) is 1. The van der Waals surface area contributed by atoms with Crippen molar-refractivity contribution >= 4 is 5.91 Å². The van der Waals surface area contributed by atoms with Crippen LogP contribution in [0.25, 0.3) is 0 Å². The number of hydrogen-bond donors (Lipinski definition) is 1. The molecule has 0 aromatic heterocycles. The summed E-state index contributed by atoms with van der Waals surface area (Å²) >= 11 is 0. The van der Waals surface area contributed by atoms with Gasteiger partial charge in [0, 0.05) is 25.6 Å². The van der Waals surface area contributed by atoms with Crippen LogP contribution < -0.4 is 10.5 Å². The lowest BCUT2D eigenvalue weighted by Gasteiger charge is -2.29. The normalized spacial score (nSPS) is 12.1. The van der Waals surface area contributed by atoms with Crippen LogP contribution in [0.4, 0.5) is 26.3 Å². The van der Waals surface area contributed by atoms with Crippen molar-refractivity contribution < 1.29 is 35.9 Å². The number of benzene rings is 4. The van der Waals surface area contributed by atoms with E-state index in [1.54, 1.807) is 24.3 Å². The van der Waals surface area contributed by atoms with Crippen LogP contribution in [0.5, 0.6) is 5.75 Å². The van der Waals surface area contributed by atoms with E-state index in [9.17, 15) is 31.1 Å². The van der Waals surface area contributed by atoms with E-state index in [1.807, 2.05) is 65.6 Å². The standard InChI is InChI=1S/C34H32F6N2O2/c35-33(36,37)28-18-25(19-29(21-28)34(38,39)40)22-42(16-7-17-44-30-14-12-24(13-15-30)20-32(41)43)23-31(26-8-3-1-4-9-26)27-10-5-2-6-11-27/h1-6,8-15,18-19,21,31H,7,16-17,20,22-23H2,(H2,41,43). The second-order valence-corrected chi connectivity index (χ2v) is 10.5. The number of halogens is 6. The van der Waals surface area contributed by atoms with Crippen LogP contribution in [0.2, 0.25) is 0 Å². The van der Waals surface area contributed by atoms with E-state index in [-0.39, 0.29) is 37.1 Å². The number of primary amides is 1. The summed E-state index contributed by atoms with van der Waals surface area (Å²) in [6.07, 6.45) is -9.31. The third kappa shape index (κ3) is 9.60. The molecule has 0 fully saturated rings. The predicted molar refractivity (Wildman–Crippen MR) is 156 cm³/mol. The average Bonchev–Trinajstić information content (AvgIpc) is 2.98. The Labute approximate surface area is 252 Å². The Bertz CT molecular complexity index is 1420. The Balaban J connectivity index is 1.58. The van der Waals surface area contributed by atoms with E-state index >= 15 is 0 Å². The highest BCUT2D eigenvalue weighted by molar-refractivity contribution is 5.76. The summed E-state index contributed by atoms with van der Waals surface area (Å²) in [7, 11) is 0. The van der Waals surface area contributed by atoms with Gasteiger partial charge in [-0.2, -0.15) is 26.3 Å². The van der Waals surface area contributed by atoms with Crippen LogP contribution in [0, 0.1) is 0 Å². The molecular formula is C34H32F6N2O2. The summed E-state index contributed by atoms with van der Waals surface area (Å²) in [6.45, 7) is 0.801. The quantitative estimate of drug-likeness (QED) is 0.123. The van der Waals surface area contributed by atoms with Crippen molar-refractivity contribution in [2.45, 2.75) is 37.7 Å². The number of hydrogen-bond acceptors (Lipinski definition) is 3. The Morgan fingerprint density at radius 3 is 1.73 bits per heavy atom. The van der Waals surface area contributed by atoms with Gasteiger partial charge in [0.2, 0.25) is 5.91 Å². The molecule has 4 aromatic rings. The van der Waals surface area contributed by atoms with Gasteiger partial charge >= 0.3 is 12.4 Å². The molecule has 0 saturated heterocycles. The topological polar surface area (TPSA) is 55.6 Å². The second kappa shape index (κ2) is 14.4. The van der Waals surface area contributed by atoms with Gasteiger partial charge < -0.3 is 10.5 Å². The summed E-state index contributed by atoms with van der Waals surface area (Å²) in [6, 6.07) is 27.7. The highest BCUT2D eigenvalue weighted by Gasteiger charge is 2.37. The van der Waals surface area contributed by atoms with Crippen LogP contribution in [0.15, 0.2) is 103 Å². The highest BCUT2D eigenvalue weighted by atomic mass is 19.4. The summed E-state index contributed by atoms with van der Waals surface area (Å²) < 4.78 is 87.4.